The Kier molecular flexibility index (Phi) is 5.21. The predicted octanol–water partition coefficient (Wildman–Crippen LogP) is 4.34. The molecule has 4 nitrogen and oxygen atoms in total. The minimum atomic E-state index is -2.61. The summed E-state index contributed by atoms with van der Waals surface area (Å²) in [5.41, 5.74) is 0.846. The molecule has 0 amide bonds. The second-order valence-corrected chi connectivity index (χ2v) is 6.02. The Labute approximate surface area is 138 Å². The van der Waals surface area contributed by atoms with Gasteiger partial charge in [0.1, 0.15) is 11.4 Å². The van der Waals surface area contributed by atoms with Crippen LogP contribution in [0.2, 0.25) is 0 Å². The van der Waals surface area contributed by atoms with Crippen LogP contribution in [-0.4, -0.2) is 27.2 Å². The topological polar surface area (TPSA) is 50.7 Å². The molecule has 0 atom stereocenters. The summed E-state index contributed by atoms with van der Waals surface area (Å²) < 4.78 is 38.6. The van der Waals surface area contributed by atoms with Crippen LogP contribution in [0.4, 0.5) is 19.1 Å². The lowest BCUT2D eigenvalue weighted by Gasteiger charge is -2.16. The number of nitrogens with one attached hydrogen (secondary N) is 1. The van der Waals surface area contributed by atoms with Crippen molar-refractivity contribution < 1.29 is 13.2 Å². The SMILES string of the molecule is C=C(c1ccc(C(F)F)nc1)c1cnc(NCC(C)(C)F)nc1C. The summed E-state index contributed by atoms with van der Waals surface area (Å²) in [6.45, 7) is 8.73. The molecule has 0 fully saturated rings. The molecule has 7 heteroatoms. The Morgan fingerprint density at radius 2 is 1.96 bits per heavy atom. The average Bonchev–Trinajstić information content (AvgIpc) is 2.52. The highest BCUT2D eigenvalue weighted by Crippen LogP contribution is 2.25. The van der Waals surface area contributed by atoms with Crippen molar-refractivity contribution in [2.45, 2.75) is 32.9 Å². The fourth-order valence-electron chi connectivity index (χ4n) is 2.01. The van der Waals surface area contributed by atoms with Gasteiger partial charge in [0.25, 0.3) is 6.43 Å². The first kappa shape index (κ1) is 17.9. The first-order valence-corrected chi connectivity index (χ1v) is 7.37. The number of hydrogen-bond acceptors (Lipinski definition) is 4. The van der Waals surface area contributed by atoms with E-state index in [2.05, 4.69) is 26.8 Å². The zero-order valence-corrected chi connectivity index (χ0v) is 13.8. The maximum Gasteiger partial charge on any atom is 0.280 e. The zero-order chi connectivity index (χ0) is 17.9. The number of aryl methyl sites for hydroxylation is 1. The van der Waals surface area contributed by atoms with Crippen LogP contribution in [0.3, 0.4) is 0 Å². The van der Waals surface area contributed by atoms with Gasteiger partial charge in [-0.3, -0.25) is 4.98 Å². The van der Waals surface area contributed by atoms with Crippen LogP contribution in [0.15, 0.2) is 31.1 Å². The third-order valence-corrected chi connectivity index (χ3v) is 3.33. The lowest BCUT2D eigenvalue weighted by Crippen LogP contribution is -2.25. The third-order valence-electron chi connectivity index (χ3n) is 3.33. The monoisotopic (exact) mass is 336 g/mol. The minimum Gasteiger partial charge on any atom is -0.351 e. The van der Waals surface area contributed by atoms with Crippen LogP contribution in [0.1, 0.15) is 42.8 Å². The van der Waals surface area contributed by atoms with Crippen LogP contribution in [-0.2, 0) is 0 Å². The summed E-state index contributed by atoms with van der Waals surface area (Å²) in [5, 5.41) is 2.83. The molecule has 0 aliphatic heterocycles. The lowest BCUT2D eigenvalue weighted by atomic mass is 10.0. The number of anilines is 1. The van der Waals surface area contributed by atoms with Crippen LogP contribution < -0.4 is 5.32 Å². The highest BCUT2D eigenvalue weighted by Gasteiger charge is 2.16. The molecular weight excluding hydrogens is 317 g/mol. The van der Waals surface area contributed by atoms with E-state index in [1.807, 2.05) is 0 Å². The van der Waals surface area contributed by atoms with Gasteiger partial charge in [-0.25, -0.2) is 23.1 Å². The first-order valence-electron chi connectivity index (χ1n) is 7.37. The van der Waals surface area contributed by atoms with Gasteiger partial charge in [-0.1, -0.05) is 12.6 Å². The van der Waals surface area contributed by atoms with Gasteiger partial charge in [0.15, 0.2) is 0 Å². The molecule has 0 unspecified atom stereocenters. The number of hydrogen-bond donors (Lipinski definition) is 1. The largest absolute Gasteiger partial charge is 0.351 e. The molecule has 2 aromatic heterocycles. The van der Waals surface area contributed by atoms with Crippen LogP contribution in [0.25, 0.3) is 5.57 Å². The fraction of sp³-hybridized carbons (Fsp3) is 0.353. The van der Waals surface area contributed by atoms with E-state index in [9.17, 15) is 13.2 Å². The Balaban J connectivity index is 2.18. The quantitative estimate of drug-likeness (QED) is 0.852. The molecule has 0 spiro atoms. The maximum atomic E-state index is 13.5. The fourth-order valence-corrected chi connectivity index (χ4v) is 2.01. The Hall–Kier alpha value is -2.44. The van der Waals surface area contributed by atoms with Crippen molar-refractivity contribution in [3.8, 4) is 0 Å². The van der Waals surface area contributed by atoms with E-state index in [1.54, 1.807) is 13.1 Å². The molecule has 2 aromatic rings. The molecule has 128 valence electrons. The summed E-state index contributed by atoms with van der Waals surface area (Å²) >= 11 is 0. The molecular formula is C17H19F3N4. The molecule has 2 heterocycles. The molecule has 1 N–H and O–H groups in total. The van der Waals surface area contributed by atoms with E-state index in [0.29, 0.717) is 28.3 Å². The van der Waals surface area contributed by atoms with E-state index in [4.69, 9.17) is 0 Å². The smallest absolute Gasteiger partial charge is 0.280 e. The van der Waals surface area contributed by atoms with Crippen molar-refractivity contribution >= 4 is 11.5 Å². The summed E-state index contributed by atoms with van der Waals surface area (Å²) in [6.07, 6.45) is 0.308. The van der Waals surface area contributed by atoms with Gasteiger partial charge in [0.2, 0.25) is 5.95 Å². The number of aromatic nitrogens is 3. The number of halogens is 3. The molecule has 0 radical (unpaired) electrons. The van der Waals surface area contributed by atoms with Crippen molar-refractivity contribution in [1.29, 1.82) is 0 Å². The van der Waals surface area contributed by atoms with Gasteiger partial charge in [-0.15, -0.1) is 0 Å². The van der Waals surface area contributed by atoms with Gasteiger partial charge >= 0.3 is 0 Å². The van der Waals surface area contributed by atoms with E-state index in [-0.39, 0.29) is 12.2 Å². The van der Waals surface area contributed by atoms with E-state index in [1.165, 1.54) is 32.2 Å². The molecule has 0 saturated heterocycles. The summed E-state index contributed by atoms with van der Waals surface area (Å²) in [4.78, 5) is 12.1. The van der Waals surface area contributed by atoms with Crippen LogP contribution >= 0.6 is 0 Å². The summed E-state index contributed by atoms with van der Waals surface area (Å²) in [5.74, 6) is 0.320. The van der Waals surface area contributed by atoms with Crippen molar-refractivity contribution in [2.24, 2.45) is 0 Å². The predicted molar refractivity (Wildman–Crippen MR) is 87.8 cm³/mol. The lowest BCUT2D eigenvalue weighted by molar-refractivity contribution is 0.146. The highest BCUT2D eigenvalue weighted by atomic mass is 19.3. The van der Waals surface area contributed by atoms with E-state index >= 15 is 0 Å². The maximum absolute atomic E-state index is 13.5. The normalized spacial score (nSPS) is 11.6. The average molecular weight is 336 g/mol. The minimum absolute atomic E-state index is 0.0890. The van der Waals surface area contributed by atoms with Crippen molar-refractivity contribution in [3.63, 3.8) is 0 Å². The molecule has 0 aromatic carbocycles. The van der Waals surface area contributed by atoms with Crippen molar-refractivity contribution in [2.75, 3.05) is 11.9 Å². The second kappa shape index (κ2) is 6.98. The highest BCUT2D eigenvalue weighted by molar-refractivity contribution is 5.78. The molecule has 0 bridgehead atoms. The van der Waals surface area contributed by atoms with Gasteiger partial charge < -0.3 is 5.32 Å². The number of pyridine rings is 1. The van der Waals surface area contributed by atoms with Gasteiger partial charge in [-0.05, 0) is 32.4 Å². The number of alkyl halides is 3. The molecule has 0 aliphatic rings. The first-order chi connectivity index (χ1) is 11.2. The Morgan fingerprint density at radius 3 is 2.46 bits per heavy atom. The van der Waals surface area contributed by atoms with Gasteiger partial charge in [0.05, 0.1) is 12.2 Å². The van der Waals surface area contributed by atoms with Crippen LogP contribution in [0.5, 0.6) is 0 Å². The molecule has 2 rings (SSSR count). The molecule has 0 saturated carbocycles. The summed E-state index contributed by atoms with van der Waals surface area (Å²) in [7, 11) is 0. The number of rotatable bonds is 6. The van der Waals surface area contributed by atoms with E-state index in [0.717, 1.165) is 0 Å². The van der Waals surface area contributed by atoms with Gasteiger partial charge in [0, 0.05) is 23.5 Å². The van der Waals surface area contributed by atoms with Crippen LogP contribution in [0, 0.1) is 6.92 Å². The second-order valence-electron chi connectivity index (χ2n) is 6.02. The van der Waals surface area contributed by atoms with Gasteiger partial charge in [-0.2, -0.15) is 0 Å². The Morgan fingerprint density at radius 1 is 1.25 bits per heavy atom. The number of nitrogens with zero attached hydrogens (tertiary/aromatic N) is 3. The van der Waals surface area contributed by atoms with E-state index < -0.39 is 12.1 Å². The third kappa shape index (κ3) is 4.53. The van der Waals surface area contributed by atoms with Crippen molar-refractivity contribution in [3.05, 3.63) is 53.6 Å². The molecule has 24 heavy (non-hydrogen) atoms. The standard InChI is InChI=1S/C17H19F3N4/c1-10(12-5-6-14(15(18)19)21-7-12)13-8-22-16(24-11(13)2)23-9-17(3,4)20/h5-8,15H,1,9H2,2-4H3,(H,22,23,24). The molecule has 0 aliphatic carbocycles. The summed E-state index contributed by atoms with van der Waals surface area (Å²) in [6, 6.07) is 2.80. The zero-order valence-electron chi connectivity index (χ0n) is 13.8. The Bertz CT molecular complexity index is 722. The van der Waals surface area contributed by atoms with Crippen molar-refractivity contribution in [1.82, 2.24) is 15.0 Å².